The molecule has 2 aromatic heterocycles. The number of nitrogens with one attached hydrogen (secondary N) is 1. The number of halogens is 2. The van der Waals surface area contributed by atoms with Crippen molar-refractivity contribution in [3.63, 3.8) is 0 Å². The van der Waals surface area contributed by atoms with Crippen molar-refractivity contribution >= 4 is 17.0 Å². The first kappa shape index (κ1) is 12.0. The lowest BCUT2D eigenvalue weighted by molar-refractivity contribution is -0.0526. The fraction of sp³-hybridized carbons (Fsp3) is 0.100. The van der Waals surface area contributed by atoms with Gasteiger partial charge in [-0.25, -0.2) is 4.79 Å². The highest BCUT2D eigenvalue weighted by molar-refractivity contribution is 5.91. The second-order valence-corrected chi connectivity index (χ2v) is 3.28. The van der Waals surface area contributed by atoms with Crippen LogP contribution < -0.4 is 10.3 Å². The van der Waals surface area contributed by atoms with Crippen LogP contribution in [0, 0.1) is 0 Å². The molecular weight excluding hydrogens is 250 g/mol. The van der Waals surface area contributed by atoms with Gasteiger partial charge in [-0.1, -0.05) is 0 Å². The standard InChI is InChI=1S/C10H6F2N2O4/c11-10(12)18-6-2-1-4-3-5(9(16)17)8(15)14-7(4)13-6/h1-3,10H,(H,16,17)(H,13,14,15). The molecule has 0 radical (unpaired) electrons. The highest BCUT2D eigenvalue weighted by Crippen LogP contribution is 2.16. The zero-order valence-electron chi connectivity index (χ0n) is 8.68. The van der Waals surface area contributed by atoms with E-state index in [0.29, 0.717) is 5.39 Å². The maximum absolute atomic E-state index is 12.0. The number of pyridine rings is 2. The molecule has 2 aromatic rings. The number of carbonyl (C=O) groups is 1. The number of alkyl halides is 2. The van der Waals surface area contributed by atoms with Crippen LogP contribution in [0.3, 0.4) is 0 Å². The molecule has 2 N–H and O–H groups in total. The Morgan fingerprint density at radius 2 is 2.17 bits per heavy atom. The van der Waals surface area contributed by atoms with Gasteiger partial charge in [0, 0.05) is 11.5 Å². The second kappa shape index (κ2) is 4.40. The number of hydrogen-bond donors (Lipinski definition) is 2. The molecule has 18 heavy (non-hydrogen) atoms. The minimum Gasteiger partial charge on any atom is -0.477 e. The van der Waals surface area contributed by atoms with Crippen LogP contribution in [-0.4, -0.2) is 27.7 Å². The molecule has 0 atom stereocenters. The van der Waals surface area contributed by atoms with E-state index in [1.807, 2.05) is 0 Å². The number of aromatic amines is 1. The van der Waals surface area contributed by atoms with Gasteiger partial charge >= 0.3 is 12.6 Å². The zero-order valence-corrected chi connectivity index (χ0v) is 8.68. The largest absolute Gasteiger partial charge is 0.477 e. The Labute approximate surface area is 97.8 Å². The number of nitrogens with zero attached hydrogens (tertiary/aromatic N) is 1. The lowest BCUT2D eigenvalue weighted by Crippen LogP contribution is -2.17. The molecule has 0 spiro atoms. The molecule has 0 unspecified atom stereocenters. The first-order valence-electron chi connectivity index (χ1n) is 4.69. The van der Waals surface area contributed by atoms with Crippen LogP contribution in [0.2, 0.25) is 0 Å². The molecule has 0 bridgehead atoms. The first-order chi connectivity index (χ1) is 8.47. The summed E-state index contributed by atoms with van der Waals surface area (Å²) < 4.78 is 28.0. The molecule has 2 heterocycles. The number of carboxylic acid groups (broad SMARTS) is 1. The van der Waals surface area contributed by atoms with E-state index in [9.17, 15) is 18.4 Å². The minimum absolute atomic E-state index is 0.0249. The van der Waals surface area contributed by atoms with Crippen LogP contribution in [0.4, 0.5) is 8.78 Å². The SMILES string of the molecule is O=C(O)c1cc2ccc(OC(F)F)nc2[nH]c1=O. The highest BCUT2D eigenvalue weighted by Gasteiger charge is 2.12. The molecule has 6 nitrogen and oxygen atoms in total. The summed E-state index contributed by atoms with van der Waals surface area (Å²) in [6, 6.07) is 3.58. The van der Waals surface area contributed by atoms with E-state index in [-0.39, 0.29) is 11.5 Å². The van der Waals surface area contributed by atoms with E-state index in [0.717, 1.165) is 12.1 Å². The predicted molar refractivity (Wildman–Crippen MR) is 56.0 cm³/mol. The monoisotopic (exact) mass is 256 g/mol. The van der Waals surface area contributed by atoms with Gasteiger partial charge < -0.3 is 14.8 Å². The maximum Gasteiger partial charge on any atom is 0.388 e. The third-order valence-corrected chi connectivity index (χ3v) is 2.12. The first-order valence-corrected chi connectivity index (χ1v) is 4.69. The van der Waals surface area contributed by atoms with Gasteiger partial charge in [0.2, 0.25) is 5.88 Å². The van der Waals surface area contributed by atoms with Crippen molar-refractivity contribution < 1.29 is 23.4 Å². The van der Waals surface area contributed by atoms with E-state index >= 15 is 0 Å². The van der Waals surface area contributed by atoms with Gasteiger partial charge in [-0.15, -0.1) is 0 Å². The summed E-state index contributed by atoms with van der Waals surface area (Å²) >= 11 is 0. The Balaban J connectivity index is 2.56. The summed E-state index contributed by atoms with van der Waals surface area (Å²) in [4.78, 5) is 27.9. The van der Waals surface area contributed by atoms with Crippen molar-refractivity contribution in [1.82, 2.24) is 9.97 Å². The van der Waals surface area contributed by atoms with E-state index < -0.39 is 23.7 Å². The summed E-state index contributed by atoms with van der Waals surface area (Å²) in [5, 5.41) is 9.03. The number of H-pyrrole nitrogens is 1. The molecule has 0 aliphatic rings. The van der Waals surface area contributed by atoms with Crippen LogP contribution in [0.15, 0.2) is 23.0 Å². The Morgan fingerprint density at radius 3 is 2.78 bits per heavy atom. The summed E-state index contributed by atoms with van der Waals surface area (Å²) in [6.07, 6.45) is 0. The van der Waals surface area contributed by atoms with Crippen molar-refractivity contribution in [2.24, 2.45) is 0 Å². The lowest BCUT2D eigenvalue weighted by atomic mass is 10.2. The third-order valence-electron chi connectivity index (χ3n) is 2.12. The predicted octanol–water partition coefficient (Wildman–Crippen LogP) is 1.22. The van der Waals surface area contributed by atoms with Gasteiger partial charge in [0.05, 0.1) is 0 Å². The molecule has 2 rings (SSSR count). The van der Waals surface area contributed by atoms with Gasteiger partial charge in [-0.2, -0.15) is 13.8 Å². The van der Waals surface area contributed by atoms with Crippen molar-refractivity contribution in [2.75, 3.05) is 0 Å². The number of rotatable bonds is 3. The fourth-order valence-corrected chi connectivity index (χ4v) is 1.38. The summed E-state index contributed by atoms with van der Waals surface area (Å²) in [5.41, 5.74) is -1.34. The zero-order chi connectivity index (χ0) is 13.3. The van der Waals surface area contributed by atoms with Crippen LogP contribution in [0.1, 0.15) is 10.4 Å². The van der Waals surface area contributed by atoms with Gasteiger partial charge in [-0.05, 0) is 12.1 Å². The number of aromatic carboxylic acids is 1. The number of carboxylic acids is 1. The van der Waals surface area contributed by atoms with E-state index in [4.69, 9.17) is 5.11 Å². The van der Waals surface area contributed by atoms with E-state index in [1.165, 1.54) is 6.07 Å². The molecule has 0 saturated heterocycles. The maximum atomic E-state index is 12.0. The van der Waals surface area contributed by atoms with E-state index in [1.54, 1.807) is 0 Å². The molecule has 0 fully saturated rings. The summed E-state index contributed by atoms with van der Waals surface area (Å²) in [6.45, 7) is -3.03. The Bertz CT molecular complexity index is 668. The summed E-state index contributed by atoms with van der Waals surface area (Å²) in [7, 11) is 0. The summed E-state index contributed by atoms with van der Waals surface area (Å²) in [5.74, 6) is -1.75. The molecule has 94 valence electrons. The van der Waals surface area contributed by atoms with Crippen LogP contribution >= 0.6 is 0 Å². The van der Waals surface area contributed by atoms with Crippen LogP contribution in [-0.2, 0) is 0 Å². The number of fused-ring (bicyclic) bond motifs is 1. The molecule has 0 saturated carbocycles. The molecule has 0 amide bonds. The number of hydrogen-bond acceptors (Lipinski definition) is 4. The van der Waals surface area contributed by atoms with E-state index in [2.05, 4.69) is 14.7 Å². The highest BCUT2D eigenvalue weighted by atomic mass is 19.3. The Kier molecular flexibility index (Phi) is 2.92. The van der Waals surface area contributed by atoms with Crippen molar-refractivity contribution in [3.8, 4) is 5.88 Å². The average molecular weight is 256 g/mol. The molecule has 0 aliphatic carbocycles. The fourth-order valence-electron chi connectivity index (χ4n) is 1.38. The lowest BCUT2D eigenvalue weighted by Gasteiger charge is -2.04. The Morgan fingerprint density at radius 1 is 1.44 bits per heavy atom. The molecule has 0 aromatic carbocycles. The van der Waals surface area contributed by atoms with Crippen molar-refractivity contribution in [2.45, 2.75) is 6.61 Å². The topological polar surface area (TPSA) is 92.3 Å². The minimum atomic E-state index is -3.03. The second-order valence-electron chi connectivity index (χ2n) is 3.28. The van der Waals surface area contributed by atoms with Crippen molar-refractivity contribution in [1.29, 1.82) is 0 Å². The van der Waals surface area contributed by atoms with Crippen LogP contribution in [0.25, 0.3) is 11.0 Å². The van der Waals surface area contributed by atoms with Crippen LogP contribution in [0.5, 0.6) is 5.88 Å². The Hall–Kier alpha value is -2.51. The molecule has 8 heteroatoms. The van der Waals surface area contributed by atoms with Gasteiger partial charge in [0.1, 0.15) is 11.2 Å². The van der Waals surface area contributed by atoms with Gasteiger partial charge in [0.25, 0.3) is 5.56 Å². The van der Waals surface area contributed by atoms with Crippen molar-refractivity contribution in [3.05, 3.63) is 34.1 Å². The molecule has 0 aliphatic heterocycles. The number of ether oxygens (including phenoxy) is 1. The quantitative estimate of drug-likeness (QED) is 0.861. The number of aromatic nitrogens is 2. The normalized spacial score (nSPS) is 10.8. The average Bonchev–Trinajstić information content (AvgIpc) is 2.26. The smallest absolute Gasteiger partial charge is 0.388 e. The van der Waals surface area contributed by atoms with Gasteiger partial charge in [-0.3, -0.25) is 4.79 Å². The third kappa shape index (κ3) is 2.26. The van der Waals surface area contributed by atoms with Gasteiger partial charge in [0.15, 0.2) is 0 Å². The molecular formula is C10H6F2N2O4.